The topological polar surface area (TPSA) is 55.3 Å². The van der Waals surface area contributed by atoms with Crippen molar-refractivity contribution < 1.29 is 8.95 Å². The lowest BCUT2D eigenvalue weighted by Gasteiger charge is -2.41. The number of hydrogen-bond acceptors (Lipinski definition) is 5. The van der Waals surface area contributed by atoms with Crippen LogP contribution in [0.1, 0.15) is 26.7 Å². The summed E-state index contributed by atoms with van der Waals surface area (Å²) in [5.74, 6) is 1.92. The molecule has 0 amide bonds. The number of methoxy groups -OCH3 is 1. The van der Waals surface area contributed by atoms with E-state index >= 15 is 0 Å². The van der Waals surface area contributed by atoms with Crippen LogP contribution in [0.15, 0.2) is 12.3 Å². The van der Waals surface area contributed by atoms with Gasteiger partial charge < -0.3 is 9.64 Å². The second kappa shape index (κ2) is 5.86. The molecule has 1 aliphatic rings. The molecule has 0 aliphatic carbocycles. The molecule has 0 bridgehead atoms. The highest BCUT2D eigenvalue weighted by Crippen LogP contribution is 2.30. The minimum absolute atomic E-state index is 0.134. The van der Waals surface area contributed by atoms with Crippen molar-refractivity contribution in [3.05, 3.63) is 12.3 Å². The zero-order valence-electron chi connectivity index (χ0n) is 11.8. The number of aromatic nitrogens is 2. The van der Waals surface area contributed by atoms with Crippen LogP contribution in [0.4, 0.5) is 5.95 Å². The smallest absolute Gasteiger partial charge is 0.228 e. The van der Waals surface area contributed by atoms with Gasteiger partial charge in [0.05, 0.1) is 11.9 Å². The first-order valence-electron chi connectivity index (χ1n) is 6.65. The Morgan fingerprint density at radius 3 is 2.84 bits per heavy atom. The van der Waals surface area contributed by atoms with Crippen LogP contribution >= 0.6 is 0 Å². The maximum atomic E-state index is 12.3. The van der Waals surface area contributed by atoms with E-state index in [1.54, 1.807) is 19.4 Å². The highest BCUT2D eigenvalue weighted by molar-refractivity contribution is 7.86. The lowest BCUT2D eigenvalue weighted by molar-refractivity contribution is 0.396. The summed E-state index contributed by atoms with van der Waals surface area (Å²) in [5.41, 5.74) is 0. The Bertz CT molecular complexity index is 463. The highest BCUT2D eigenvalue weighted by Gasteiger charge is 2.39. The summed E-state index contributed by atoms with van der Waals surface area (Å²) >= 11 is 0. The van der Waals surface area contributed by atoms with Crippen molar-refractivity contribution in [3.63, 3.8) is 0 Å². The number of ether oxygens (including phenoxy) is 1. The normalized spacial score (nSPS) is 22.3. The van der Waals surface area contributed by atoms with Crippen LogP contribution < -0.4 is 9.64 Å². The van der Waals surface area contributed by atoms with E-state index in [4.69, 9.17) is 4.74 Å². The van der Waals surface area contributed by atoms with Crippen LogP contribution in [0.5, 0.6) is 5.88 Å². The van der Waals surface area contributed by atoms with Gasteiger partial charge in [-0.2, -0.15) is 4.98 Å². The molecule has 106 valence electrons. The maximum Gasteiger partial charge on any atom is 0.228 e. The SMILES string of the molecule is CCC1(CC)CN(c2nccc(OC)n2)CCS1=O. The zero-order valence-corrected chi connectivity index (χ0v) is 12.6. The lowest BCUT2D eigenvalue weighted by atomic mass is 10.0. The molecule has 5 nitrogen and oxygen atoms in total. The lowest BCUT2D eigenvalue weighted by Crippen LogP contribution is -2.53. The Hall–Kier alpha value is -1.17. The second-order valence-electron chi connectivity index (χ2n) is 4.76. The van der Waals surface area contributed by atoms with Gasteiger partial charge in [0.25, 0.3) is 0 Å². The second-order valence-corrected chi connectivity index (χ2v) is 6.73. The van der Waals surface area contributed by atoms with E-state index < -0.39 is 10.8 Å². The molecule has 1 aromatic rings. The molecule has 1 saturated heterocycles. The Morgan fingerprint density at radius 1 is 1.47 bits per heavy atom. The standard InChI is InChI=1S/C13H21N3O2S/c1-4-13(5-2)10-16(8-9-19(13)17)12-14-7-6-11(15-12)18-3/h6-7H,4-5,8-10H2,1-3H3. The Kier molecular flexibility index (Phi) is 4.39. The van der Waals surface area contributed by atoms with Crippen molar-refractivity contribution in [2.24, 2.45) is 0 Å². The number of anilines is 1. The monoisotopic (exact) mass is 283 g/mol. The van der Waals surface area contributed by atoms with E-state index in [0.717, 1.165) is 25.9 Å². The number of nitrogens with zero attached hydrogens (tertiary/aromatic N) is 3. The predicted octanol–water partition coefficient (Wildman–Crippen LogP) is 1.61. The third kappa shape index (κ3) is 2.73. The summed E-state index contributed by atoms with van der Waals surface area (Å²) in [6, 6.07) is 1.73. The van der Waals surface area contributed by atoms with Gasteiger partial charge in [0.2, 0.25) is 11.8 Å². The van der Waals surface area contributed by atoms with Crippen LogP contribution in [0, 0.1) is 0 Å². The summed E-state index contributed by atoms with van der Waals surface area (Å²) in [4.78, 5) is 10.8. The van der Waals surface area contributed by atoms with Crippen molar-refractivity contribution in [3.8, 4) is 5.88 Å². The molecule has 1 fully saturated rings. The average Bonchev–Trinajstić information content (AvgIpc) is 2.48. The molecule has 2 rings (SSSR count). The minimum Gasteiger partial charge on any atom is -0.481 e. The van der Waals surface area contributed by atoms with Gasteiger partial charge in [-0.15, -0.1) is 0 Å². The molecule has 1 atom stereocenters. The third-order valence-electron chi connectivity index (χ3n) is 3.91. The first kappa shape index (κ1) is 14.2. The minimum atomic E-state index is -0.767. The van der Waals surface area contributed by atoms with Crippen LogP contribution in [-0.4, -0.2) is 44.9 Å². The quantitative estimate of drug-likeness (QED) is 0.840. The van der Waals surface area contributed by atoms with Gasteiger partial charge in [-0.25, -0.2) is 4.98 Å². The fourth-order valence-electron chi connectivity index (χ4n) is 2.47. The zero-order chi connectivity index (χ0) is 13.9. The third-order valence-corrected chi connectivity index (χ3v) is 6.13. The average molecular weight is 283 g/mol. The summed E-state index contributed by atoms with van der Waals surface area (Å²) < 4.78 is 17.3. The van der Waals surface area contributed by atoms with Crippen molar-refractivity contribution in [1.29, 1.82) is 0 Å². The van der Waals surface area contributed by atoms with Crippen LogP contribution in [0.2, 0.25) is 0 Å². The predicted molar refractivity (Wildman–Crippen MR) is 77.1 cm³/mol. The van der Waals surface area contributed by atoms with E-state index in [-0.39, 0.29) is 4.75 Å². The molecule has 0 spiro atoms. The molecular formula is C13H21N3O2S. The molecule has 0 aromatic carbocycles. The summed E-state index contributed by atoms with van der Waals surface area (Å²) in [5, 5.41) is 0. The summed E-state index contributed by atoms with van der Waals surface area (Å²) in [6.07, 6.45) is 3.53. The molecule has 6 heteroatoms. The molecule has 0 N–H and O–H groups in total. The summed E-state index contributed by atoms with van der Waals surface area (Å²) in [7, 11) is 0.830. The molecular weight excluding hydrogens is 262 g/mol. The van der Waals surface area contributed by atoms with Gasteiger partial charge in [0.1, 0.15) is 0 Å². The van der Waals surface area contributed by atoms with Gasteiger partial charge in [-0.05, 0) is 12.8 Å². The van der Waals surface area contributed by atoms with Gasteiger partial charge in [0.15, 0.2) is 0 Å². The van der Waals surface area contributed by atoms with E-state index in [9.17, 15) is 4.21 Å². The Morgan fingerprint density at radius 2 is 2.21 bits per heavy atom. The largest absolute Gasteiger partial charge is 0.481 e. The van der Waals surface area contributed by atoms with Crippen molar-refractivity contribution in [2.45, 2.75) is 31.4 Å². The number of hydrogen-bond donors (Lipinski definition) is 0. The molecule has 0 radical (unpaired) electrons. The number of rotatable bonds is 4. The van der Waals surface area contributed by atoms with Gasteiger partial charge in [0, 0.05) is 41.9 Å². The first-order valence-corrected chi connectivity index (χ1v) is 7.97. The van der Waals surface area contributed by atoms with E-state index in [0.29, 0.717) is 17.6 Å². The van der Waals surface area contributed by atoms with Crippen molar-refractivity contribution in [1.82, 2.24) is 9.97 Å². The highest BCUT2D eigenvalue weighted by atomic mass is 32.2. The maximum absolute atomic E-state index is 12.3. The molecule has 2 heterocycles. The van der Waals surface area contributed by atoms with Crippen LogP contribution in [0.3, 0.4) is 0 Å². The van der Waals surface area contributed by atoms with Crippen molar-refractivity contribution >= 4 is 16.7 Å². The molecule has 1 aromatic heterocycles. The van der Waals surface area contributed by atoms with Crippen LogP contribution in [0.25, 0.3) is 0 Å². The molecule has 1 aliphatic heterocycles. The fourth-order valence-corrected chi connectivity index (χ4v) is 4.24. The molecule has 0 saturated carbocycles. The molecule has 1 unspecified atom stereocenters. The molecule has 19 heavy (non-hydrogen) atoms. The van der Waals surface area contributed by atoms with Crippen molar-refractivity contribution in [2.75, 3.05) is 30.9 Å². The van der Waals surface area contributed by atoms with E-state index in [1.165, 1.54) is 0 Å². The van der Waals surface area contributed by atoms with E-state index in [1.807, 2.05) is 0 Å². The fraction of sp³-hybridized carbons (Fsp3) is 0.692. The Labute approximate surface area is 116 Å². The van der Waals surface area contributed by atoms with Gasteiger partial charge in [-0.1, -0.05) is 13.8 Å². The van der Waals surface area contributed by atoms with E-state index in [2.05, 4.69) is 28.7 Å². The summed E-state index contributed by atoms with van der Waals surface area (Å²) in [6.45, 7) is 5.70. The Balaban J connectivity index is 2.24. The first-order chi connectivity index (χ1) is 9.15. The van der Waals surface area contributed by atoms with Crippen LogP contribution in [-0.2, 0) is 10.8 Å². The van der Waals surface area contributed by atoms with Gasteiger partial charge >= 0.3 is 0 Å². The van der Waals surface area contributed by atoms with Gasteiger partial charge in [-0.3, -0.25) is 4.21 Å².